The first-order chi connectivity index (χ1) is 9.15. The lowest BCUT2D eigenvalue weighted by Crippen LogP contribution is -2.31. The Kier molecular flexibility index (Phi) is 7.60. The van der Waals surface area contributed by atoms with E-state index in [9.17, 15) is 0 Å². The molecule has 19 heavy (non-hydrogen) atoms. The summed E-state index contributed by atoms with van der Waals surface area (Å²) < 4.78 is 13.7. The maximum Gasteiger partial charge on any atom is 0.0783 e. The van der Waals surface area contributed by atoms with Gasteiger partial charge in [-0.25, -0.2) is 0 Å². The molecule has 0 aliphatic heterocycles. The fourth-order valence-electron chi connectivity index (χ4n) is 2.10. The highest BCUT2D eigenvalue weighted by molar-refractivity contribution is 9.10. The zero-order valence-electron chi connectivity index (χ0n) is 11.9. The van der Waals surface area contributed by atoms with Crippen molar-refractivity contribution in [3.05, 3.63) is 16.4 Å². The Bertz CT molecular complexity index is 365. The number of nitrogens with two attached hydrogens (primary N) is 1. The molecule has 2 atom stereocenters. The van der Waals surface area contributed by atoms with E-state index in [1.54, 1.807) is 13.3 Å². The molecule has 0 aliphatic carbocycles. The molecular weight excluding hydrogens is 310 g/mol. The first kappa shape index (κ1) is 16.6. The monoisotopic (exact) mass is 333 g/mol. The molecule has 0 spiro atoms. The second-order valence-corrected chi connectivity index (χ2v) is 5.26. The highest BCUT2D eigenvalue weighted by atomic mass is 79.9. The molecule has 1 rings (SSSR count). The number of aromatic nitrogens is 2. The van der Waals surface area contributed by atoms with Crippen LogP contribution >= 0.6 is 15.9 Å². The summed E-state index contributed by atoms with van der Waals surface area (Å²) in [5, 5.41) is 4.33. The van der Waals surface area contributed by atoms with Crippen molar-refractivity contribution in [1.29, 1.82) is 0 Å². The number of ether oxygens (including phenoxy) is 2. The highest BCUT2D eigenvalue weighted by Crippen LogP contribution is 2.27. The van der Waals surface area contributed by atoms with Gasteiger partial charge in [-0.3, -0.25) is 4.68 Å². The van der Waals surface area contributed by atoms with Crippen LogP contribution in [0.25, 0.3) is 0 Å². The van der Waals surface area contributed by atoms with Gasteiger partial charge in [0.1, 0.15) is 0 Å². The number of methoxy groups -OCH3 is 1. The third-order valence-corrected chi connectivity index (χ3v) is 3.62. The normalized spacial score (nSPS) is 14.6. The summed E-state index contributed by atoms with van der Waals surface area (Å²) in [4.78, 5) is 0. The number of hydrogen-bond acceptors (Lipinski definition) is 4. The van der Waals surface area contributed by atoms with Gasteiger partial charge in [-0.05, 0) is 29.3 Å². The van der Waals surface area contributed by atoms with Crippen LogP contribution < -0.4 is 5.73 Å². The van der Waals surface area contributed by atoms with Gasteiger partial charge >= 0.3 is 0 Å². The number of nitrogens with zero attached hydrogens (tertiary/aromatic N) is 2. The van der Waals surface area contributed by atoms with E-state index in [1.807, 2.05) is 11.6 Å². The van der Waals surface area contributed by atoms with Crippen molar-refractivity contribution in [3.63, 3.8) is 0 Å². The fraction of sp³-hybridized carbons (Fsp3) is 0.769. The van der Waals surface area contributed by atoms with E-state index in [2.05, 4.69) is 28.0 Å². The molecule has 2 unspecified atom stereocenters. The third-order valence-electron chi connectivity index (χ3n) is 3.01. The summed E-state index contributed by atoms with van der Waals surface area (Å²) in [6, 6.07) is -0.186. The van der Waals surface area contributed by atoms with Crippen LogP contribution in [0, 0.1) is 0 Å². The Labute approximate surface area is 123 Å². The van der Waals surface area contributed by atoms with Crippen molar-refractivity contribution in [2.45, 2.75) is 45.4 Å². The Balaban J connectivity index is 2.88. The van der Waals surface area contributed by atoms with E-state index >= 15 is 0 Å². The number of hydrogen-bond donors (Lipinski definition) is 1. The summed E-state index contributed by atoms with van der Waals surface area (Å²) in [7, 11) is 1.68. The summed E-state index contributed by atoms with van der Waals surface area (Å²) in [6.07, 6.45) is 3.78. The highest BCUT2D eigenvalue weighted by Gasteiger charge is 2.25. The topological polar surface area (TPSA) is 62.3 Å². The summed E-state index contributed by atoms with van der Waals surface area (Å²) >= 11 is 3.52. The molecule has 0 radical (unpaired) electrons. The largest absolute Gasteiger partial charge is 0.383 e. The van der Waals surface area contributed by atoms with Gasteiger partial charge in [0.15, 0.2) is 0 Å². The second-order valence-electron chi connectivity index (χ2n) is 4.40. The molecular formula is C13H24BrN3O2. The van der Waals surface area contributed by atoms with Gasteiger partial charge < -0.3 is 15.2 Å². The van der Waals surface area contributed by atoms with Gasteiger partial charge in [-0.1, -0.05) is 13.3 Å². The van der Waals surface area contributed by atoms with Gasteiger partial charge in [-0.15, -0.1) is 0 Å². The minimum atomic E-state index is -0.186. The van der Waals surface area contributed by atoms with Crippen molar-refractivity contribution in [2.75, 3.05) is 20.3 Å². The number of halogens is 1. The fourth-order valence-corrected chi connectivity index (χ4v) is 2.66. The van der Waals surface area contributed by atoms with Gasteiger partial charge in [0.25, 0.3) is 0 Å². The van der Waals surface area contributed by atoms with Crippen molar-refractivity contribution < 1.29 is 9.47 Å². The maximum atomic E-state index is 6.37. The molecule has 1 aromatic rings. The summed E-state index contributed by atoms with van der Waals surface area (Å²) in [5.74, 6) is 0. The summed E-state index contributed by atoms with van der Waals surface area (Å²) in [5.41, 5.74) is 7.35. The maximum absolute atomic E-state index is 6.37. The number of rotatable bonds is 9. The molecule has 0 aromatic carbocycles. The smallest absolute Gasteiger partial charge is 0.0783 e. The molecule has 110 valence electrons. The Morgan fingerprint density at radius 1 is 1.47 bits per heavy atom. The lowest BCUT2D eigenvalue weighted by Gasteiger charge is -2.24. The molecule has 0 fully saturated rings. The van der Waals surface area contributed by atoms with Crippen LogP contribution in [-0.2, 0) is 16.0 Å². The second kappa shape index (κ2) is 8.68. The minimum Gasteiger partial charge on any atom is -0.383 e. The average Bonchev–Trinajstić information content (AvgIpc) is 2.76. The van der Waals surface area contributed by atoms with Gasteiger partial charge in [0.05, 0.1) is 41.7 Å². The van der Waals surface area contributed by atoms with Gasteiger partial charge in [0.2, 0.25) is 0 Å². The summed E-state index contributed by atoms with van der Waals surface area (Å²) in [6.45, 7) is 6.10. The molecule has 0 saturated carbocycles. The SMILES string of the molecule is CCCC(OCC)C(N)c1c(Br)cnn1CCOC. The van der Waals surface area contributed by atoms with E-state index in [1.165, 1.54) is 0 Å². The van der Waals surface area contributed by atoms with Crippen molar-refractivity contribution in [2.24, 2.45) is 5.73 Å². The zero-order chi connectivity index (χ0) is 14.3. The van der Waals surface area contributed by atoms with Crippen LogP contribution in [0.5, 0.6) is 0 Å². The van der Waals surface area contributed by atoms with Crippen LogP contribution in [0.3, 0.4) is 0 Å². The van der Waals surface area contributed by atoms with Gasteiger partial charge in [0, 0.05) is 13.7 Å². The van der Waals surface area contributed by atoms with Crippen LogP contribution in [0.2, 0.25) is 0 Å². The van der Waals surface area contributed by atoms with E-state index in [0.717, 1.165) is 23.0 Å². The predicted octanol–water partition coefficient (Wildman–Crippen LogP) is 2.50. The Morgan fingerprint density at radius 2 is 2.21 bits per heavy atom. The molecule has 1 aromatic heterocycles. The third kappa shape index (κ3) is 4.56. The Hall–Kier alpha value is -0.430. The molecule has 5 nitrogen and oxygen atoms in total. The van der Waals surface area contributed by atoms with Crippen molar-refractivity contribution in [1.82, 2.24) is 9.78 Å². The lowest BCUT2D eigenvalue weighted by atomic mass is 10.0. The quantitative estimate of drug-likeness (QED) is 0.754. The molecule has 1 heterocycles. The van der Waals surface area contributed by atoms with Crippen LogP contribution in [0.1, 0.15) is 38.4 Å². The van der Waals surface area contributed by atoms with Gasteiger partial charge in [-0.2, -0.15) is 5.10 Å². The van der Waals surface area contributed by atoms with Crippen LogP contribution in [0.15, 0.2) is 10.7 Å². The van der Waals surface area contributed by atoms with E-state index in [0.29, 0.717) is 19.8 Å². The van der Waals surface area contributed by atoms with E-state index in [-0.39, 0.29) is 12.1 Å². The van der Waals surface area contributed by atoms with Crippen molar-refractivity contribution >= 4 is 15.9 Å². The zero-order valence-corrected chi connectivity index (χ0v) is 13.5. The first-order valence-electron chi connectivity index (χ1n) is 6.72. The van der Waals surface area contributed by atoms with E-state index in [4.69, 9.17) is 15.2 Å². The molecule has 0 bridgehead atoms. The predicted molar refractivity (Wildman–Crippen MR) is 79.1 cm³/mol. The molecule has 6 heteroatoms. The minimum absolute atomic E-state index is 0.0179. The molecule has 2 N–H and O–H groups in total. The lowest BCUT2D eigenvalue weighted by molar-refractivity contribution is 0.0349. The average molecular weight is 334 g/mol. The molecule has 0 amide bonds. The van der Waals surface area contributed by atoms with Crippen molar-refractivity contribution in [3.8, 4) is 0 Å². The Morgan fingerprint density at radius 3 is 2.79 bits per heavy atom. The van der Waals surface area contributed by atoms with Crippen LogP contribution in [-0.4, -0.2) is 36.2 Å². The molecule has 0 saturated heterocycles. The first-order valence-corrected chi connectivity index (χ1v) is 7.52. The van der Waals surface area contributed by atoms with E-state index < -0.39 is 0 Å². The molecule has 0 aliphatic rings. The van der Waals surface area contributed by atoms with Crippen LogP contribution in [0.4, 0.5) is 0 Å². The standard InChI is InChI=1S/C13H24BrN3O2/c1-4-6-11(19-5-2)12(15)13-10(14)9-16-17(13)7-8-18-3/h9,11-12H,4-8,15H2,1-3H3.